The highest BCUT2D eigenvalue weighted by molar-refractivity contribution is 5.91. The Bertz CT molecular complexity index is 941. The lowest BCUT2D eigenvalue weighted by Gasteiger charge is -2.32. The molecule has 1 aromatic rings. The van der Waals surface area contributed by atoms with Crippen molar-refractivity contribution in [2.75, 3.05) is 19.7 Å². The average molecular weight is 492 g/mol. The number of esters is 1. The van der Waals surface area contributed by atoms with E-state index >= 15 is 0 Å². The molecule has 1 aliphatic carbocycles. The number of aromatic hydroxyl groups is 1. The van der Waals surface area contributed by atoms with Gasteiger partial charge in [0.15, 0.2) is 0 Å². The zero-order valence-corrected chi connectivity index (χ0v) is 21.3. The van der Waals surface area contributed by atoms with Gasteiger partial charge in [-0.15, -0.1) is 0 Å². The van der Waals surface area contributed by atoms with Crippen molar-refractivity contribution in [1.82, 2.24) is 15.5 Å². The first-order valence-electron chi connectivity index (χ1n) is 11.8. The van der Waals surface area contributed by atoms with Gasteiger partial charge in [0.1, 0.15) is 23.9 Å². The van der Waals surface area contributed by atoms with Gasteiger partial charge in [-0.3, -0.25) is 14.4 Å². The SMILES string of the molecule is CCOC(=O)CCNC(=O)C(c1ccc(O)c(C)c1)N(C(=O)CNC(=O)OC(C)(C)C)C1CC1C. The summed E-state index contributed by atoms with van der Waals surface area (Å²) in [5.74, 6) is -1.10. The summed E-state index contributed by atoms with van der Waals surface area (Å²) in [6.45, 7) is 10.5. The van der Waals surface area contributed by atoms with E-state index in [9.17, 15) is 24.3 Å². The van der Waals surface area contributed by atoms with Gasteiger partial charge in [0.2, 0.25) is 11.8 Å². The standard InChI is InChI=1S/C25H37N3O7/c1-7-34-21(31)10-11-26-23(32)22(17-8-9-19(29)16(3)12-17)28(18-13-15(18)2)20(30)14-27-24(33)35-25(4,5)6/h8-9,12,15,18,22,29H,7,10-11,13-14H2,1-6H3,(H,26,32)(H,27,33). The molecule has 10 nitrogen and oxygen atoms in total. The van der Waals surface area contributed by atoms with E-state index in [0.29, 0.717) is 17.5 Å². The van der Waals surface area contributed by atoms with Crippen LogP contribution in [-0.4, -0.2) is 65.2 Å². The molecule has 0 radical (unpaired) electrons. The molecule has 0 aliphatic heterocycles. The van der Waals surface area contributed by atoms with Crippen LogP contribution in [0, 0.1) is 12.8 Å². The second-order valence-corrected chi connectivity index (χ2v) is 9.73. The molecule has 1 fully saturated rings. The Hall–Kier alpha value is -3.30. The molecule has 1 aromatic carbocycles. The third kappa shape index (κ3) is 8.45. The Morgan fingerprint density at radius 2 is 1.86 bits per heavy atom. The van der Waals surface area contributed by atoms with E-state index in [1.807, 2.05) is 6.92 Å². The maximum atomic E-state index is 13.4. The van der Waals surface area contributed by atoms with E-state index in [4.69, 9.17) is 9.47 Å². The van der Waals surface area contributed by atoms with E-state index in [-0.39, 0.29) is 43.8 Å². The Kier molecular flexibility index (Phi) is 9.50. The summed E-state index contributed by atoms with van der Waals surface area (Å²) in [5.41, 5.74) is 0.344. The zero-order chi connectivity index (χ0) is 26.3. The van der Waals surface area contributed by atoms with Crippen molar-refractivity contribution in [3.8, 4) is 5.75 Å². The predicted molar refractivity (Wildman–Crippen MR) is 128 cm³/mol. The first kappa shape index (κ1) is 27.9. The molecule has 3 N–H and O–H groups in total. The van der Waals surface area contributed by atoms with E-state index in [1.54, 1.807) is 46.8 Å². The molecule has 10 heteroatoms. The summed E-state index contributed by atoms with van der Waals surface area (Å²) in [6, 6.07) is 3.50. The molecule has 0 spiro atoms. The lowest BCUT2D eigenvalue weighted by molar-refractivity contribution is -0.144. The van der Waals surface area contributed by atoms with Crippen molar-refractivity contribution in [2.24, 2.45) is 5.92 Å². The van der Waals surface area contributed by atoms with Crippen LogP contribution in [0.5, 0.6) is 5.75 Å². The highest BCUT2D eigenvalue weighted by atomic mass is 16.6. The Morgan fingerprint density at radius 3 is 2.40 bits per heavy atom. The molecule has 3 unspecified atom stereocenters. The summed E-state index contributed by atoms with van der Waals surface area (Å²) in [5, 5.41) is 15.2. The molecule has 3 atom stereocenters. The molecule has 0 bridgehead atoms. The van der Waals surface area contributed by atoms with Crippen molar-refractivity contribution in [1.29, 1.82) is 0 Å². The molecule has 0 heterocycles. The van der Waals surface area contributed by atoms with Gasteiger partial charge in [-0.05, 0) is 70.2 Å². The molecule has 0 saturated heterocycles. The highest BCUT2D eigenvalue weighted by Gasteiger charge is 2.46. The lowest BCUT2D eigenvalue weighted by atomic mass is 10.0. The van der Waals surface area contributed by atoms with Gasteiger partial charge in [0, 0.05) is 12.6 Å². The quantitative estimate of drug-likeness (QED) is 0.428. The molecular formula is C25H37N3O7. The van der Waals surface area contributed by atoms with Crippen LogP contribution < -0.4 is 10.6 Å². The largest absolute Gasteiger partial charge is 0.508 e. The minimum absolute atomic E-state index is 0.00508. The summed E-state index contributed by atoms with van der Waals surface area (Å²) < 4.78 is 10.1. The minimum Gasteiger partial charge on any atom is -0.508 e. The molecular weight excluding hydrogens is 454 g/mol. The number of alkyl carbamates (subject to hydrolysis) is 1. The number of hydrogen-bond donors (Lipinski definition) is 3. The second-order valence-electron chi connectivity index (χ2n) is 9.73. The number of phenols is 1. The summed E-state index contributed by atoms with van der Waals surface area (Å²) >= 11 is 0. The van der Waals surface area contributed by atoms with Gasteiger partial charge in [-0.25, -0.2) is 4.79 Å². The molecule has 1 saturated carbocycles. The molecule has 194 valence electrons. The highest BCUT2D eigenvalue weighted by Crippen LogP contribution is 2.40. The fourth-order valence-electron chi connectivity index (χ4n) is 3.67. The minimum atomic E-state index is -1.01. The van der Waals surface area contributed by atoms with Crippen molar-refractivity contribution in [2.45, 2.75) is 72.1 Å². The van der Waals surface area contributed by atoms with Gasteiger partial charge in [-0.1, -0.05) is 13.0 Å². The van der Waals surface area contributed by atoms with E-state index < -0.39 is 35.5 Å². The summed E-state index contributed by atoms with van der Waals surface area (Å²) in [4.78, 5) is 51.9. The van der Waals surface area contributed by atoms with Gasteiger partial charge in [-0.2, -0.15) is 0 Å². The lowest BCUT2D eigenvalue weighted by Crippen LogP contribution is -2.49. The number of nitrogens with zero attached hydrogens (tertiary/aromatic N) is 1. The monoisotopic (exact) mass is 491 g/mol. The molecule has 35 heavy (non-hydrogen) atoms. The fraction of sp³-hybridized carbons (Fsp3) is 0.600. The first-order valence-corrected chi connectivity index (χ1v) is 11.8. The molecule has 1 aliphatic rings. The molecule has 2 rings (SSSR count). The number of carbonyl (C=O) groups excluding carboxylic acids is 4. The number of hydrogen-bond acceptors (Lipinski definition) is 7. The first-order chi connectivity index (χ1) is 16.3. The van der Waals surface area contributed by atoms with E-state index in [1.165, 1.54) is 11.0 Å². The third-order valence-electron chi connectivity index (χ3n) is 5.49. The zero-order valence-electron chi connectivity index (χ0n) is 21.3. The van der Waals surface area contributed by atoms with Crippen LogP contribution in [0.1, 0.15) is 64.6 Å². The number of benzene rings is 1. The predicted octanol–water partition coefficient (Wildman–Crippen LogP) is 2.57. The Balaban J connectivity index is 2.27. The van der Waals surface area contributed by atoms with Crippen LogP contribution in [0.25, 0.3) is 0 Å². The van der Waals surface area contributed by atoms with Gasteiger partial charge in [0.25, 0.3) is 0 Å². The Labute approximate surface area is 206 Å². The van der Waals surface area contributed by atoms with Crippen molar-refractivity contribution in [3.63, 3.8) is 0 Å². The number of carbonyl (C=O) groups is 4. The number of rotatable bonds is 10. The van der Waals surface area contributed by atoms with Crippen molar-refractivity contribution in [3.05, 3.63) is 29.3 Å². The number of aryl methyl sites for hydroxylation is 1. The van der Waals surface area contributed by atoms with Crippen LogP contribution >= 0.6 is 0 Å². The summed E-state index contributed by atoms with van der Waals surface area (Å²) in [6.07, 6.45) is -0.0259. The Morgan fingerprint density at radius 1 is 1.20 bits per heavy atom. The van der Waals surface area contributed by atoms with Crippen LogP contribution in [0.2, 0.25) is 0 Å². The van der Waals surface area contributed by atoms with Crippen LogP contribution in [-0.2, 0) is 23.9 Å². The van der Waals surface area contributed by atoms with Crippen LogP contribution in [0.4, 0.5) is 4.79 Å². The second kappa shape index (κ2) is 11.9. The van der Waals surface area contributed by atoms with Crippen molar-refractivity contribution >= 4 is 23.9 Å². The fourth-order valence-corrected chi connectivity index (χ4v) is 3.67. The maximum Gasteiger partial charge on any atom is 0.408 e. The van der Waals surface area contributed by atoms with Gasteiger partial charge < -0.3 is 30.1 Å². The average Bonchev–Trinajstić information content (AvgIpc) is 3.47. The van der Waals surface area contributed by atoms with Gasteiger partial charge >= 0.3 is 12.1 Å². The smallest absolute Gasteiger partial charge is 0.408 e. The van der Waals surface area contributed by atoms with Crippen LogP contribution in [0.15, 0.2) is 18.2 Å². The van der Waals surface area contributed by atoms with Crippen LogP contribution in [0.3, 0.4) is 0 Å². The van der Waals surface area contributed by atoms with E-state index in [2.05, 4.69) is 10.6 Å². The number of nitrogens with one attached hydrogen (secondary N) is 2. The maximum absolute atomic E-state index is 13.4. The summed E-state index contributed by atoms with van der Waals surface area (Å²) in [7, 11) is 0. The number of phenolic OH excluding ortho intramolecular Hbond substituents is 1. The number of amides is 3. The van der Waals surface area contributed by atoms with Crippen molar-refractivity contribution < 1.29 is 33.8 Å². The number of ether oxygens (including phenoxy) is 2. The molecule has 3 amide bonds. The topological polar surface area (TPSA) is 134 Å². The van der Waals surface area contributed by atoms with E-state index in [0.717, 1.165) is 0 Å². The normalized spacial score (nSPS) is 17.7. The third-order valence-corrected chi connectivity index (χ3v) is 5.49. The van der Waals surface area contributed by atoms with Gasteiger partial charge in [0.05, 0.1) is 13.0 Å². The molecule has 0 aromatic heterocycles.